The Balaban J connectivity index is 1.21. The number of benzene rings is 5. The summed E-state index contributed by atoms with van der Waals surface area (Å²) in [5, 5.41) is 4.65. The zero-order valence-electron chi connectivity index (χ0n) is 26.0. The molecule has 1 saturated heterocycles. The summed E-state index contributed by atoms with van der Waals surface area (Å²) in [5.74, 6) is -0.402. The molecular formula is C38H31ClN2O6. The average Bonchev–Trinajstić information content (AvgIpc) is 3.07. The van der Waals surface area contributed by atoms with Crippen LogP contribution in [0.3, 0.4) is 0 Å². The van der Waals surface area contributed by atoms with E-state index in [-0.39, 0.29) is 22.9 Å². The number of fused-ring (bicyclic) bond motifs is 1. The monoisotopic (exact) mass is 646 g/mol. The third-order valence-electron chi connectivity index (χ3n) is 7.92. The smallest absolute Gasteiger partial charge is 0.335 e. The quantitative estimate of drug-likeness (QED) is 0.129. The maximum atomic E-state index is 13.5. The first-order valence-corrected chi connectivity index (χ1v) is 15.3. The number of amides is 4. The van der Waals surface area contributed by atoms with Gasteiger partial charge in [0.05, 0.1) is 17.8 Å². The number of nitrogens with one attached hydrogen (secondary N) is 1. The fourth-order valence-electron chi connectivity index (χ4n) is 5.35. The number of rotatable bonds is 9. The largest absolute Gasteiger partial charge is 0.493 e. The molecule has 0 atom stereocenters. The van der Waals surface area contributed by atoms with Crippen LogP contribution in [0.2, 0.25) is 5.02 Å². The molecule has 0 radical (unpaired) electrons. The van der Waals surface area contributed by atoms with Gasteiger partial charge in [-0.2, -0.15) is 0 Å². The summed E-state index contributed by atoms with van der Waals surface area (Å²) < 4.78 is 17.6. The molecule has 1 N–H and O–H groups in total. The van der Waals surface area contributed by atoms with E-state index in [1.54, 1.807) is 36.4 Å². The number of carbonyl (C=O) groups is 3. The van der Waals surface area contributed by atoms with Gasteiger partial charge in [-0.15, -0.1) is 0 Å². The van der Waals surface area contributed by atoms with Gasteiger partial charge in [0.2, 0.25) is 0 Å². The highest BCUT2D eigenvalue weighted by Gasteiger charge is 2.37. The van der Waals surface area contributed by atoms with Crippen LogP contribution in [0.15, 0.2) is 103 Å². The van der Waals surface area contributed by atoms with Crippen LogP contribution in [-0.2, 0) is 22.8 Å². The molecule has 0 aliphatic carbocycles. The van der Waals surface area contributed by atoms with Crippen molar-refractivity contribution in [2.75, 3.05) is 12.0 Å². The van der Waals surface area contributed by atoms with Crippen molar-refractivity contribution in [3.05, 3.63) is 135 Å². The highest BCUT2D eigenvalue weighted by Crippen LogP contribution is 2.38. The second-order valence-corrected chi connectivity index (χ2v) is 11.5. The minimum Gasteiger partial charge on any atom is -0.493 e. The van der Waals surface area contributed by atoms with E-state index in [9.17, 15) is 14.4 Å². The lowest BCUT2D eigenvalue weighted by Crippen LogP contribution is -2.54. The Bertz CT molecular complexity index is 2040. The zero-order chi connectivity index (χ0) is 33.1. The average molecular weight is 647 g/mol. The van der Waals surface area contributed by atoms with E-state index in [1.807, 2.05) is 68.4 Å². The Morgan fingerprint density at radius 1 is 0.830 bits per heavy atom. The molecule has 4 amide bonds. The predicted octanol–water partition coefficient (Wildman–Crippen LogP) is 7.94. The van der Waals surface area contributed by atoms with E-state index in [4.69, 9.17) is 25.8 Å². The van der Waals surface area contributed by atoms with Crippen molar-refractivity contribution in [1.82, 2.24) is 5.32 Å². The third-order valence-corrected chi connectivity index (χ3v) is 8.20. The standard InChI is InChI=1S/C38H31ClN2O6/c1-23-8-11-25(12-9-23)21-46-29-16-14-28(15-17-29)41-37(43)31(36(42)40-38(41)44)18-26-19-33(39)35(34(20-26)45-3)47-22-32-24(2)10-13-27-6-4-5-7-30(27)32/h4-20H,21-22H2,1-3H3,(H,40,42,44)/b31-18+. The Morgan fingerprint density at radius 3 is 2.32 bits per heavy atom. The van der Waals surface area contributed by atoms with Gasteiger partial charge in [0.15, 0.2) is 11.5 Å². The molecule has 0 saturated carbocycles. The minimum atomic E-state index is -0.853. The van der Waals surface area contributed by atoms with E-state index < -0.39 is 17.8 Å². The SMILES string of the molecule is COc1cc(/C=C2\C(=O)NC(=O)N(c3ccc(OCc4ccc(C)cc4)cc3)C2=O)cc(Cl)c1OCc1c(C)ccc2ccccc12. The van der Waals surface area contributed by atoms with Crippen molar-refractivity contribution in [3.63, 3.8) is 0 Å². The van der Waals surface area contributed by atoms with Crippen LogP contribution in [0.5, 0.6) is 17.2 Å². The summed E-state index contributed by atoms with van der Waals surface area (Å²) >= 11 is 6.67. The summed E-state index contributed by atoms with van der Waals surface area (Å²) in [4.78, 5) is 40.1. The van der Waals surface area contributed by atoms with Gasteiger partial charge < -0.3 is 14.2 Å². The molecule has 0 spiro atoms. The summed E-state index contributed by atoms with van der Waals surface area (Å²) in [5.41, 5.74) is 4.70. The van der Waals surface area contributed by atoms with E-state index >= 15 is 0 Å². The van der Waals surface area contributed by atoms with Gasteiger partial charge in [0.25, 0.3) is 11.8 Å². The Hall–Kier alpha value is -5.60. The Kier molecular flexibility index (Phi) is 8.95. The van der Waals surface area contributed by atoms with Crippen LogP contribution in [0, 0.1) is 13.8 Å². The van der Waals surface area contributed by atoms with Gasteiger partial charge in [0, 0.05) is 5.56 Å². The molecule has 1 aliphatic rings. The number of hydrogen-bond acceptors (Lipinski definition) is 6. The summed E-state index contributed by atoms with van der Waals surface area (Å²) in [6.07, 6.45) is 1.36. The van der Waals surface area contributed by atoms with Crippen molar-refractivity contribution in [2.24, 2.45) is 0 Å². The molecular weight excluding hydrogens is 616 g/mol. The fraction of sp³-hybridized carbons (Fsp3) is 0.132. The predicted molar refractivity (Wildman–Crippen MR) is 182 cm³/mol. The second kappa shape index (κ2) is 13.4. The van der Waals surface area contributed by atoms with Crippen molar-refractivity contribution < 1.29 is 28.6 Å². The number of methoxy groups -OCH3 is 1. The second-order valence-electron chi connectivity index (χ2n) is 11.1. The molecule has 0 bridgehead atoms. The number of barbiturate groups is 1. The van der Waals surface area contributed by atoms with Crippen LogP contribution in [-0.4, -0.2) is 25.0 Å². The number of hydrogen-bond donors (Lipinski definition) is 1. The number of anilines is 1. The number of halogens is 1. The van der Waals surface area contributed by atoms with Crippen molar-refractivity contribution in [3.8, 4) is 17.2 Å². The van der Waals surface area contributed by atoms with E-state index in [0.29, 0.717) is 29.4 Å². The van der Waals surface area contributed by atoms with Crippen LogP contribution < -0.4 is 24.4 Å². The topological polar surface area (TPSA) is 94.2 Å². The lowest BCUT2D eigenvalue weighted by atomic mass is 10.0. The first-order valence-electron chi connectivity index (χ1n) is 14.9. The van der Waals surface area contributed by atoms with E-state index in [0.717, 1.165) is 37.9 Å². The number of ether oxygens (including phenoxy) is 3. The van der Waals surface area contributed by atoms with Crippen molar-refractivity contribution in [1.29, 1.82) is 0 Å². The van der Waals surface area contributed by atoms with Crippen LogP contribution in [0.4, 0.5) is 10.5 Å². The maximum absolute atomic E-state index is 13.5. The number of nitrogens with zero attached hydrogens (tertiary/aromatic N) is 1. The van der Waals surface area contributed by atoms with Crippen LogP contribution in [0.1, 0.15) is 27.8 Å². The third kappa shape index (κ3) is 6.68. The first kappa shape index (κ1) is 31.4. The molecule has 1 aliphatic heterocycles. The van der Waals surface area contributed by atoms with Gasteiger partial charge in [-0.25, -0.2) is 9.69 Å². The van der Waals surface area contributed by atoms with Crippen LogP contribution in [0.25, 0.3) is 16.8 Å². The molecule has 0 aromatic heterocycles. The van der Waals surface area contributed by atoms with E-state index in [2.05, 4.69) is 11.4 Å². The molecule has 6 rings (SSSR count). The number of urea groups is 1. The van der Waals surface area contributed by atoms with Gasteiger partial charge in [0.1, 0.15) is 24.5 Å². The van der Waals surface area contributed by atoms with Gasteiger partial charge in [-0.1, -0.05) is 77.8 Å². The van der Waals surface area contributed by atoms with Crippen LogP contribution >= 0.6 is 11.6 Å². The molecule has 0 unspecified atom stereocenters. The number of imide groups is 2. The Labute approximate surface area is 277 Å². The number of carbonyl (C=O) groups excluding carboxylic acids is 3. The molecule has 1 heterocycles. The highest BCUT2D eigenvalue weighted by molar-refractivity contribution is 6.39. The van der Waals surface area contributed by atoms with Crippen molar-refractivity contribution >= 4 is 52.0 Å². The highest BCUT2D eigenvalue weighted by atomic mass is 35.5. The molecule has 5 aromatic rings. The maximum Gasteiger partial charge on any atom is 0.335 e. The molecule has 8 nitrogen and oxygen atoms in total. The molecule has 9 heteroatoms. The molecule has 236 valence electrons. The normalized spacial score (nSPS) is 14.0. The fourth-order valence-corrected chi connectivity index (χ4v) is 5.62. The molecule has 5 aromatic carbocycles. The summed E-state index contributed by atoms with van der Waals surface area (Å²) in [6, 6.07) is 29.0. The zero-order valence-corrected chi connectivity index (χ0v) is 26.8. The Morgan fingerprint density at radius 2 is 1.57 bits per heavy atom. The summed E-state index contributed by atoms with van der Waals surface area (Å²) in [6.45, 7) is 4.65. The number of aryl methyl sites for hydroxylation is 2. The lowest BCUT2D eigenvalue weighted by molar-refractivity contribution is -0.122. The van der Waals surface area contributed by atoms with Crippen molar-refractivity contribution in [2.45, 2.75) is 27.1 Å². The van der Waals surface area contributed by atoms with Gasteiger partial charge >= 0.3 is 6.03 Å². The summed E-state index contributed by atoms with van der Waals surface area (Å²) in [7, 11) is 1.48. The molecule has 1 fully saturated rings. The minimum absolute atomic E-state index is 0.229. The lowest BCUT2D eigenvalue weighted by Gasteiger charge is -2.26. The molecule has 47 heavy (non-hydrogen) atoms. The van der Waals surface area contributed by atoms with Gasteiger partial charge in [-0.05, 0) is 83.8 Å². The first-order chi connectivity index (χ1) is 22.7. The van der Waals surface area contributed by atoms with Gasteiger partial charge in [-0.3, -0.25) is 14.9 Å². The van der Waals surface area contributed by atoms with E-state index in [1.165, 1.54) is 13.2 Å².